The molecule has 8 heteroatoms. The second kappa shape index (κ2) is 4.01. The van der Waals surface area contributed by atoms with Crippen LogP contribution < -0.4 is 11.2 Å². The van der Waals surface area contributed by atoms with Crippen LogP contribution >= 0.6 is 0 Å². The Morgan fingerprint density at radius 1 is 1.32 bits per heavy atom. The number of alkyl halides is 3. The molecule has 1 aromatic carbocycles. The fraction of sp³-hybridized carbons (Fsp3) is 0.0909. The number of phenols is 1. The van der Waals surface area contributed by atoms with Crippen molar-refractivity contribution in [2.24, 2.45) is 5.73 Å². The van der Waals surface area contributed by atoms with Crippen LogP contribution in [0.3, 0.4) is 0 Å². The minimum atomic E-state index is -5.05. The quantitative estimate of drug-likeness (QED) is 0.825. The summed E-state index contributed by atoms with van der Waals surface area (Å²) in [5.41, 5.74) is 1.85. The van der Waals surface area contributed by atoms with E-state index in [9.17, 15) is 22.8 Å². The fourth-order valence-corrected chi connectivity index (χ4v) is 1.61. The number of carbonyl (C=O) groups excluding carboxylic acids is 1. The van der Waals surface area contributed by atoms with E-state index < -0.39 is 34.4 Å². The van der Waals surface area contributed by atoms with Crippen LogP contribution in [-0.4, -0.2) is 11.0 Å². The Kier molecular flexibility index (Phi) is 2.73. The molecule has 3 N–H and O–H groups in total. The maximum absolute atomic E-state index is 12.7. The van der Waals surface area contributed by atoms with Gasteiger partial charge in [-0.3, -0.25) is 9.59 Å². The summed E-state index contributed by atoms with van der Waals surface area (Å²) in [5, 5.41) is 8.88. The smallest absolute Gasteiger partial charge is 0.450 e. The molecular formula is C11H6F3NO4. The first-order chi connectivity index (χ1) is 8.71. The topological polar surface area (TPSA) is 93.5 Å². The molecule has 100 valence electrons. The highest BCUT2D eigenvalue weighted by Gasteiger charge is 2.40. The predicted molar refractivity (Wildman–Crippen MR) is 57.7 cm³/mol. The molecular weight excluding hydrogens is 267 g/mol. The lowest BCUT2D eigenvalue weighted by atomic mass is 10.1. The molecule has 1 aromatic heterocycles. The molecule has 0 bridgehead atoms. The van der Waals surface area contributed by atoms with Gasteiger partial charge in [0.2, 0.25) is 11.2 Å². The zero-order valence-corrected chi connectivity index (χ0v) is 9.12. The van der Waals surface area contributed by atoms with Crippen LogP contribution in [0.1, 0.15) is 16.1 Å². The summed E-state index contributed by atoms with van der Waals surface area (Å²) in [4.78, 5) is 22.8. The molecule has 0 aliphatic carbocycles. The third-order valence-electron chi connectivity index (χ3n) is 2.38. The van der Waals surface area contributed by atoms with Gasteiger partial charge in [0, 0.05) is 6.07 Å². The highest BCUT2D eigenvalue weighted by molar-refractivity contribution is 5.97. The van der Waals surface area contributed by atoms with Gasteiger partial charge in [0.05, 0.1) is 5.39 Å². The second-order valence-corrected chi connectivity index (χ2v) is 3.68. The number of benzene rings is 1. The number of nitrogens with two attached hydrogens (primary N) is 1. The van der Waals surface area contributed by atoms with E-state index in [0.717, 1.165) is 18.2 Å². The maximum Gasteiger partial charge on any atom is 0.450 e. The van der Waals surface area contributed by atoms with Crippen LogP contribution in [0.15, 0.2) is 27.4 Å². The lowest BCUT2D eigenvalue weighted by molar-refractivity contribution is -0.153. The van der Waals surface area contributed by atoms with Gasteiger partial charge in [0.15, 0.2) is 0 Å². The van der Waals surface area contributed by atoms with Gasteiger partial charge in [-0.05, 0) is 12.1 Å². The third kappa shape index (κ3) is 2.12. The Hall–Kier alpha value is -2.51. The van der Waals surface area contributed by atoms with Crippen LogP contribution in [0.25, 0.3) is 11.0 Å². The van der Waals surface area contributed by atoms with E-state index in [4.69, 9.17) is 10.8 Å². The Labute approximate surface area is 103 Å². The van der Waals surface area contributed by atoms with Crippen molar-refractivity contribution in [1.82, 2.24) is 0 Å². The highest BCUT2D eigenvalue weighted by Crippen LogP contribution is 2.33. The minimum absolute atomic E-state index is 0.278. The Bertz CT molecular complexity index is 733. The minimum Gasteiger partial charge on any atom is -0.508 e. The van der Waals surface area contributed by atoms with E-state index in [2.05, 4.69) is 4.42 Å². The molecule has 1 amide bonds. The Morgan fingerprint density at radius 2 is 1.95 bits per heavy atom. The fourth-order valence-electron chi connectivity index (χ4n) is 1.61. The molecule has 0 spiro atoms. The van der Waals surface area contributed by atoms with Crippen LogP contribution in [0, 0.1) is 0 Å². The molecule has 0 radical (unpaired) electrons. The van der Waals surface area contributed by atoms with Gasteiger partial charge in [-0.15, -0.1) is 0 Å². The summed E-state index contributed by atoms with van der Waals surface area (Å²) in [6, 6.07) is 2.97. The maximum atomic E-state index is 12.7. The number of aromatic hydroxyl groups is 1. The average Bonchev–Trinajstić information content (AvgIpc) is 2.26. The molecule has 0 unspecified atom stereocenters. The summed E-state index contributed by atoms with van der Waals surface area (Å²) in [6.45, 7) is 0. The first-order valence-electron chi connectivity index (χ1n) is 4.88. The number of hydrogen-bond acceptors (Lipinski definition) is 4. The van der Waals surface area contributed by atoms with E-state index in [0.29, 0.717) is 0 Å². The van der Waals surface area contributed by atoms with Crippen molar-refractivity contribution in [3.05, 3.63) is 39.7 Å². The number of rotatable bonds is 1. The number of primary amides is 1. The zero-order valence-electron chi connectivity index (χ0n) is 9.12. The molecule has 5 nitrogen and oxygen atoms in total. The number of carbonyl (C=O) groups is 1. The largest absolute Gasteiger partial charge is 0.508 e. The van der Waals surface area contributed by atoms with Gasteiger partial charge in [-0.25, -0.2) is 0 Å². The Balaban J connectivity index is 2.98. The van der Waals surface area contributed by atoms with E-state index >= 15 is 0 Å². The van der Waals surface area contributed by atoms with E-state index in [1.165, 1.54) is 0 Å². The third-order valence-corrected chi connectivity index (χ3v) is 2.38. The van der Waals surface area contributed by atoms with Gasteiger partial charge in [-0.1, -0.05) is 0 Å². The average molecular weight is 273 g/mol. The van der Waals surface area contributed by atoms with Crippen molar-refractivity contribution < 1.29 is 27.5 Å². The second-order valence-electron chi connectivity index (χ2n) is 3.68. The van der Waals surface area contributed by atoms with Gasteiger partial charge in [-0.2, -0.15) is 13.2 Å². The lowest BCUT2D eigenvalue weighted by Gasteiger charge is -2.10. The van der Waals surface area contributed by atoms with Crippen molar-refractivity contribution in [1.29, 1.82) is 0 Å². The molecule has 0 atom stereocenters. The first-order valence-corrected chi connectivity index (χ1v) is 4.88. The van der Waals surface area contributed by atoms with Crippen molar-refractivity contribution in [3.63, 3.8) is 0 Å². The molecule has 0 aliphatic rings. The van der Waals surface area contributed by atoms with E-state index in [1.807, 2.05) is 0 Å². The number of halogens is 3. The van der Waals surface area contributed by atoms with Gasteiger partial charge < -0.3 is 15.3 Å². The monoisotopic (exact) mass is 273 g/mol. The molecule has 2 aromatic rings. The molecule has 1 heterocycles. The van der Waals surface area contributed by atoms with Crippen LogP contribution in [0.2, 0.25) is 0 Å². The predicted octanol–water partition coefficient (Wildman–Crippen LogP) is 1.62. The SMILES string of the molecule is NC(=O)c1c(C(F)(F)F)oc2cc(O)ccc2c1=O. The summed E-state index contributed by atoms with van der Waals surface area (Å²) in [7, 11) is 0. The van der Waals surface area contributed by atoms with Crippen molar-refractivity contribution in [3.8, 4) is 5.75 Å². The van der Waals surface area contributed by atoms with Crippen LogP contribution in [-0.2, 0) is 6.18 Å². The Morgan fingerprint density at radius 3 is 2.47 bits per heavy atom. The van der Waals surface area contributed by atoms with Crippen molar-refractivity contribution >= 4 is 16.9 Å². The number of phenolic OH excluding ortho intramolecular Hbond substituents is 1. The highest BCUT2D eigenvalue weighted by atomic mass is 19.4. The normalized spacial score (nSPS) is 11.7. The molecule has 2 rings (SSSR count). The molecule has 0 aliphatic heterocycles. The summed E-state index contributed by atoms with van der Waals surface area (Å²) in [5.74, 6) is -3.69. The van der Waals surface area contributed by atoms with Gasteiger partial charge >= 0.3 is 6.18 Å². The van der Waals surface area contributed by atoms with Crippen molar-refractivity contribution in [2.45, 2.75) is 6.18 Å². The molecule has 0 saturated heterocycles. The van der Waals surface area contributed by atoms with Crippen LogP contribution in [0.5, 0.6) is 5.75 Å². The number of hydrogen-bond donors (Lipinski definition) is 2. The standard InChI is InChI=1S/C11H6F3NO4/c12-11(13,14)9-7(10(15)18)8(17)5-2-1-4(16)3-6(5)19-9/h1-3,16H,(H2,15,18). The van der Waals surface area contributed by atoms with Crippen LogP contribution in [0.4, 0.5) is 13.2 Å². The van der Waals surface area contributed by atoms with E-state index in [1.54, 1.807) is 0 Å². The summed E-state index contributed by atoms with van der Waals surface area (Å²) >= 11 is 0. The molecule has 0 saturated carbocycles. The molecule has 0 fully saturated rings. The van der Waals surface area contributed by atoms with Gasteiger partial charge in [0.1, 0.15) is 16.9 Å². The van der Waals surface area contributed by atoms with E-state index in [-0.39, 0.29) is 11.1 Å². The zero-order chi connectivity index (χ0) is 14.4. The first kappa shape index (κ1) is 12.9. The van der Waals surface area contributed by atoms with Gasteiger partial charge in [0.25, 0.3) is 5.91 Å². The molecule has 19 heavy (non-hydrogen) atoms. The number of amides is 1. The summed E-state index contributed by atoms with van der Waals surface area (Å²) in [6.07, 6.45) is -5.05. The van der Waals surface area contributed by atoms with Crippen molar-refractivity contribution in [2.75, 3.05) is 0 Å². The lowest BCUT2D eigenvalue weighted by Crippen LogP contribution is -2.27. The summed E-state index contributed by atoms with van der Waals surface area (Å²) < 4.78 is 42.6. The number of fused-ring (bicyclic) bond motifs is 1.